The summed E-state index contributed by atoms with van der Waals surface area (Å²) in [6.45, 7) is 9.87. The van der Waals surface area contributed by atoms with Crippen molar-refractivity contribution in [1.82, 2.24) is 0 Å². The van der Waals surface area contributed by atoms with Gasteiger partial charge in [0.05, 0.1) is 33.8 Å². The minimum Gasteiger partial charge on any atom is -0.478 e. The van der Waals surface area contributed by atoms with E-state index in [1.807, 2.05) is 63.0 Å². The Morgan fingerprint density at radius 3 is 2.06 bits per heavy atom. The summed E-state index contributed by atoms with van der Waals surface area (Å²) in [6, 6.07) is 15.6. The molecule has 34 heavy (non-hydrogen) atoms. The number of nitrogens with zero attached hydrogens (tertiary/aromatic N) is 3. The monoisotopic (exact) mass is 455 g/mol. The first-order chi connectivity index (χ1) is 16.0. The van der Waals surface area contributed by atoms with Gasteiger partial charge in [-0.2, -0.15) is 5.10 Å². The van der Waals surface area contributed by atoms with Gasteiger partial charge in [-0.25, -0.2) is 9.69 Å². The average molecular weight is 456 g/mol. The van der Waals surface area contributed by atoms with Crippen molar-refractivity contribution in [2.75, 3.05) is 9.91 Å². The van der Waals surface area contributed by atoms with Crippen LogP contribution in [-0.4, -0.2) is 34.1 Å². The normalized spacial score (nSPS) is 23.4. The third-order valence-electron chi connectivity index (χ3n) is 7.57. The molecule has 0 fully saturated rings. The highest BCUT2D eigenvalue weighted by Gasteiger charge is 2.63. The van der Waals surface area contributed by atoms with E-state index in [-0.39, 0.29) is 11.5 Å². The Kier molecular flexibility index (Phi) is 4.49. The molecule has 0 bridgehead atoms. The number of amides is 2. The van der Waals surface area contributed by atoms with Gasteiger partial charge >= 0.3 is 5.97 Å². The van der Waals surface area contributed by atoms with Gasteiger partial charge < -0.3 is 5.11 Å². The SMILES string of the molecule is CC1=NN(c2ccccc2)C2(C)C1=C(C)C1=C(C(=O)N(c3ccc(C(=O)O)cc3)C1=O)C2(C)C. The molecule has 1 N–H and O–H groups in total. The van der Waals surface area contributed by atoms with Gasteiger partial charge in [-0.1, -0.05) is 32.0 Å². The zero-order chi connectivity index (χ0) is 24.6. The Balaban J connectivity index is 1.67. The van der Waals surface area contributed by atoms with Crippen molar-refractivity contribution in [3.8, 4) is 0 Å². The number of carboxylic acid groups (broad SMARTS) is 1. The van der Waals surface area contributed by atoms with Gasteiger partial charge in [-0.3, -0.25) is 14.6 Å². The lowest BCUT2D eigenvalue weighted by molar-refractivity contribution is -0.121. The molecule has 0 spiro atoms. The van der Waals surface area contributed by atoms with Gasteiger partial charge in [0.2, 0.25) is 0 Å². The quantitative estimate of drug-likeness (QED) is 0.685. The van der Waals surface area contributed by atoms with Gasteiger partial charge in [0.15, 0.2) is 0 Å². The predicted molar refractivity (Wildman–Crippen MR) is 130 cm³/mol. The van der Waals surface area contributed by atoms with E-state index in [2.05, 4.69) is 6.92 Å². The molecule has 0 aromatic heterocycles. The smallest absolute Gasteiger partial charge is 0.335 e. The maximum atomic E-state index is 13.8. The van der Waals surface area contributed by atoms with E-state index < -0.39 is 22.8 Å². The predicted octanol–water partition coefficient (Wildman–Crippen LogP) is 4.57. The minimum atomic E-state index is -1.07. The molecule has 7 nitrogen and oxygen atoms in total. The molecule has 0 saturated heterocycles. The van der Waals surface area contributed by atoms with E-state index >= 15 is 0 Å². The maximum absolute atomic E-state index is 13.8. The van der Waals surface area contributed by atoms with E-state index in [1.54, 1.807) is 0 Å². The van der Waals surface area contributed by atoms with Crippen LogP contribution in [0, 0.1) is 5.41 Å². The highest BCUT2D eigenvalue weighted by molar-refractivity contribution is 6.36. The van der Waals surface area contributed by atoms with Gasteiger partial charge in [0.25, 0.3) is 11.8 Å². The van der Waals surface area contributed by atoms with Crippen LogP contribution >= 0.6 is 0 Å². The van der Waals surface area contributed by atoms with Crippen molar-refractivity contribution in [1.29, 1.82) is 0 Å². The van der Waals surface area contributed by atoms with Crippen molar-refractivity contribution in [2.24, 2.45) is 10.5 Å². The molecule has 172 valence electrons. The number of benzene rings is 2. The van der Waals surface area contributed by atoms with Crippen molar-refractivity contribution in [2.45, 2.75) is 40.2 Å². The molecule has 0 saturated carbocycles. The Morgan fingerprint density at radius 2 is 1.47 bits per heavy atom. The number of imide groups is 1. The topological polar surface area (TPSA) is 90.3 Å². The van der Waals surface area contributed by atoms with E-state index in [9.17, 15) is 19.5 Å². The number of anilines is 2. The van der Waals surface area contributed by atoms with Crippen LogP contribution in [0.15, 0.2) is 82.0 Å². The second-order valence-corrected chi connectivity index (χ2v) is 9.58. The van der Waals surface area contributed by atoms with Gasteiger partial charge in [0, 0.05) is 16.6 Å². The van der Waals surface area contributed by atoms with Crippen molar-refractivity contribution in [3.63, 3.8) is 0 Å². The third kappa shape index (κ3) is 2.58. The summed E-state index contributed by atoms with van der Waals surface area (Å²) in [4.78, 5) is 39.9. The molecule has 2 aromatic carbocycles. The first-order valence-corrected chi connectivity index (χ1v) is 11.1. The number of carbonyl (C=O) groups excluding carboxylic acids is 2. The van der Waals surface area contributed by atoms with Crippen LogP contribution in [0.1, 0.15) is 45.0 Å². The molecule has 1 aliphatic carbocycles. The number of para-hydroxylation sites is 1. The molecule has 2 aliphatic heterocycles. The highest BCUT2D eigenvalue weighted by Crippen LogP contribution is 2.58. The Labute approximate surface area is 197 Å². The van der Waals surface area contributed by atoms with Crippen LogP contribution in [0.2, 0.25) is 0 Å². The van der Waals surface area contributed by atoms with E-state index in [0.29, 0.717) is 16.8 Å². The molecule has 3 aliphatic rings. The second kappa shape index (κ2) is 7.00. The lowest BCUT2D eigenvalue weighted by atomic mass is 9.58. The molecule has 2 heterocycles. The number of carbonyl (C=O) groups is 3. The van der Waals surface area contributed by atoms with Crippen LogP contribution in [0.3, 0.4) is 0 Å². The number of rotatable bonds is 3. The minimum absolute atomic E-state index is 0.0894. The van der Waals surface area contributed by atoms with Crippen LogP contribution in [0.4, 0.5) is 11.4 Å². The third-order valence-corrected chi connectivity index (χ3v) is 7.57. The summed E-state index contributed by atoms with van der Waals surface area (Å²) in [5.41, 5.74) is 3.26. The lowest BCUT2D eigenvalue weighted by Gasteiger charge is -2.50. The zero-order valence-corrected chi connectivity index (χ0v) is 19.7. The molecule has 2 amide bonds. The van der Waals surface area contributed by atoms with Crippen LogP contribution in [0.25, 0.3) is 0 Å². The fraction of sp³-hybridized carbons (Fsp3) is 0.259. The van der Waals surface area contributed by atoms with Crippen molar-refractivity contribution in [3.05, 3.63) is 82.5 Å². The van der Waals surface area contributed by atoms with Crippen molar-refractivity contribution >= 4 is 34.9 Å². The first kappa shape index (κ1) is 21.8. The molecule has 5 rings (SSSR count). The zero-order valence-electron chi connectivity index (χ0n) is 19.7. The molecular formula is C27H25N3O4. The Bertz CT molecular complexity index is 1370. The molecule has 0 radical (unpaired) electrons. The van der Waals surface area contributed by atoms with Gasteiger partial charge in [0.1, 0.15) is 0 Å². The lowest BCUT2D eigenvalue weighted by Crippen LogP contribution is -2.57. The van der Waals surface area contributed by atoms with Gasteiger partial charge in [-0.05, 0) is 62.7 Å². The highest BCUT2D eigenvalue weighted by atomic mass is 16.4. The Morgan fingerprint density at radius 1 is 0.853 bits per heavy atom. The number of hydrazone groups is 1. The molecule has 1 atom stereocenters. The number of aromatic carboxylic acids is 1. The largest absolute Gasteiger partial charge is 0.478 e. The summed E-state index contributed by atoms with van der Waals surface area (Å²) >= 11 is 0. The van der Waals surface area contributed by atoms with Crippen LogP contribution < -0.4 is 9.91 Å². The summed E-state index contributed by atoms with van der Waals surface area (Å²) in [5.74, 6) is -1.85. The van der Waals surface area contributed by atoms with E-state index in [1.165, 1.54) is 24.3 Å². The molecule has 1 unspecified atom stereocenters. The second-order valence-electron chi connectivity index (χ2n) is 9.58. The summed E-state index contributed by atoms with van der Waals surface area (Å²) < 4.78 is 0. The molecular weight excluding hydrogens is 430 g/mol. The fourth-order valence-corrected chi connectivity index (χ4v) is 5.67. The molecule has 2 aromatic rings. The summed E-state index contributed by atoms with van der Waals surface area (Å²) in [6.07, 6.45) is 0. The number of carboxylic acids is 1. The van der Waals surface area contributed by atoms with Crippen LogP contribution in [-0.2, 0) is 9.59 Å². The van der Waals surface area contributed by atoms with E-state index in [0.717, 1.165) is 27.4 Å². The first-order valence-electron chi connectivity index (χ1n) is 11.1. The number of hydrogen-bond donors (Lipinski definition) is 1. The Hall–Kier alpha value is -4.00. The average Bonchev–Trinajstić information content (AvgIpc) is 3.24. The standard InChI is InChI=1S/C27H25N3O4/c1-15-20-22(24(32)29(23(20)31)18-13-11-17(12-14-18)25(33)34)26(3,4)27(5)21(15)16(2)28-30(27)19-9-7-6-8-10-19/h6-14H,1-5H3,(H,33,34). The number of fused-ring (bicyclic) bond motifs is 1. The van der Waals surface area contributed by atoms with Crippen LogP contribution in [0.5, 0.6) is 0 Å². The summed E-state index contributed by atoms with van der Waals surface area (Å²) in [7, 11) is 0. The maximum Gasteiger partial charge on any atom is 0.335 e. The number of hydrogen-bond acceptors (Lipinski definition) is 5. The fourth-order valence-electron chi connectivity index (χ4n) is 5.67. The summed E-state index contributed by atoms with van der Waals surface area (Å²) in [5, 5.41) is 16.0. The molecule has 7 heteroatoms. The van der Waals surface area contributed by atoms with E-state index in [4.69, 9.17) is 5.10 Å². The van der Waals surface area contributed by atoms with Crippen molar-refractivity contribution < 1.29 is 19.5 Å². The van der Waals surface area contributed by atoms with Gasteiger partial charge in [-0.15, -0.1) is 0 Å².